The quantitative estimate of drug-likeness (QED) is 0.410. The lowest BCUT2D eigenvalue weighted by Crippen LogP contribution is -2.48. The average molecular weight is 342 g/mol. The molecule has 1 aromatic rings. The Morgan fingerprint density at radius 2 is 1.96 bits per heavy atom. The second-order valence-corrected chi connectivity index (χ2v) is 6.17. The van der Waals surface area contributed by atoms with Crippen LogP contribution in [0.15, 0.2) is 60.4 Å². The van der Waals surface area contributed by atoms with Crippen molar-refractivity contribution < 1.29 is 19.7 Å². The fourth-order valence-corrected chi connectivity index (χ4v) is 2.61. The zero-order valence-electron chi connectivity index (χ0n) is 14.6. The van der Waals surface area contributed by atoms with Crippen LogP contribution in [0.5, 0.6) is 0 Å². The van der Waals surface area contributed by atoms with Gasteiger partial charge in [-0.05, 0) is 24.1 Å². The molecule has 134 valence electrons. The highest BCUT2D eigenvalue weighted by atomic mass is 16.5. The van der Waals surface area contributed by atoms with Crippen molar-refractivity contribution in [2.24, 2.45) is 0 Å². The zero-order chi connectivity index (χ0) is 18.1. The Labute approximate surface area is 149 Å². The Bertz CT molecular complexity index is 645. The molecule has 1 aliphatic carbocycles. The third kappa shape index (κ3) is 5.15. The van der Waals surface area contributed by atoms with E-state index in [1.54, 1.807) is 18.2 Å². The van der Waals surface area contributed by atoms with Crippen LogP contribution in [0.2, 0.25) is 0 Å². The highest BCUT2D eigenvalue weighted by Crippen LogP contribution is 2.25. The predicted octanol–water partition coefficient (Wildman–Crippen LogP) is 3.41. The summed E-state index contributed by atoms with van der Waals surface area (Å²) < 4.78 is 5.70. The summed E-state index contributed by atoms with van der Waals surface area (Å²) >= 11 is 0. The molecule has 0 amide bonds. The molecule has 0 aliphatic heterocycles. The molecule has 0 saturated heterocycles. The molecule has 25 heavy (non-hydrogen) atoms. The first-order valence-electron chi connectivity index (χ1n) is 8.78. The van der Waals surface area contributed by atoms with Crippen molar-refractivity contribution in [3.63, 3.8) is 0 Å². The molecule has 0 fully saturated rings. The number of rotatable bonds is 9. The van der Waals surface area contributed by atoms with E-state index in [-0.39, 0.29) is 5.76 Å². The Kier molecular flexibility index (Phi) is 7.16. The summed E-state index contributed by atoms with van der Waals surface area (Å²) in [6.07, 6.45) is 10.2. The van der Waals surface area contributed by atoms with E-state index in [1.807, 2.05) is 30.3 Å². The highest BCUT2D eigenvalue weighted by Gasteiger charge is 2.43. The fraction of sp³-hybridized carbons (Fsp3) is 0.381. The van der Waals surface area contributed by atoms with E-state index in [0.717, 1.165) is 31.2 Å². The number of ketones is 1. The van der Waals surface area contributed by atoms with Crippen LogP contribution in [0.1, 0.15) is 38.2 Å². The van der Waals surface area contributed by atoms with Gasteiger partial charge < -0.3 is 14.9 Å². The summed E-state index contributed by atoms with van der Waals surface area (Å²) in [5, 5.41) is 20.7. The summed E-state index contributed by atoms with van der Waals surface area (Å²) in [5.41, 5.74) is -1.20. The lowest BCUT2D eigenvalue weighted by Gasteiger charge is -2.29. The van der Waals surface area contributed by atoms with Gasteiger partial charge in [0.05, 0.1) is 6.61 Å². The number of benzene rings is 1. The summed E-state index contributed by atoms with van der Waals surface area (Å²) in [4.78, 5) is 12.9. The standard InChI is InChI=1S/C21H26O4/c1-2-3-4-10-15-25-18(16-17-11-6-5-7-12-17)20(23)21(24)14-9-8-13-19(21)22/h5-9,11-14,16,19,22,24H,2-4,10,15H2,1H3. The molecule has 4 nitrogen and oxygen atoms in total. The number of carbonyl (C=O) groups is 1. The van der Waals surface area contributed by atoms with Crippen LogP contribution < -0.4 is 0 Å². The van der Waals surface area contributed by atoms with Gasteiger partial charge in [-0.2, -0.15) is 0 Å². The molecule has 0 bridgehead atoms. The second kappa shape index (κ2) is 9.35. The van der Waals surface area contributed by atoms with Gasteiger partial charge in [-0.25, -0.2) is 0 Å². The van der Waals surface area contributed by atoms with E-state index in [0.29, 0.717) is 6.61 Å². The lowest BCUT2D eigenvalue weighted by atomic mass is 9.86. The first kappa shape index (κ1) is 19.2. The minimum Gasteiger partial charge on any atom is -0.490 e. The lowest BCUT2D eigenvalue weighted by molar-refractivity contribution is -0.139. The molecule has 2 rings (SSSR count). The van der Waals surface area contributed by atoms with E-state index < -0.39 is 17.5 Å². The van der Waals surface area contributed by atoms with E-state index in [9.17, 15) is 15.0 Å². The normalized spacial score (nSPS) is 22.8. The van der Waals surface area contributed by atoms with Crippen LogP contribution in [0.3, 0.4) is 0 Å². The molecule has 1 aromatic carbocycles. The first-order chi connectivity index (χ1) is 12.1. The number of Topliss-reactive ketones (excluding diaryl/α,β-unsaturated/α-hetero) is 1. The third-order valence-electron chi connectivity index (χ3n) is 4.15. The van der Waals surface area contributed by atoms with Gasteiger partial charge in [-0.3, -0.25) is 4.79 Å². The number of hydrogen-bond donors (Lipinski definition) is 2. The Morgan fingerprint density at radius 3 is 2.64 bits per heavy atom. The van der Waals surface area contributed by atoms with Crippen molar-refractivity contribution in [1.82, 2.24) is 0 Å². The zero-order valence-corrected chi connectivity index (χ0v) is 14.6. The maximum Gasteiger partial charge on any atom is 0.235 e. The molecule has 0 saturated carbocycles. The van der Waals surface area contributed by atoms with Crippen molar-refractivity contribution in [3.05, 3.63) is 66.0 Å². The topological polar surface area (TPSA) is 66.8 Å². The number of carbonyl (C=O) groups excluding carboxylic acids is 1. The second-order valence-electron chi connectivity index (χ2n) is 6.17. The van der Waals surface area contributed by atoms with Gasteiger partial charge in [-0.15, -0.1) is 0 Å². The Hall–Kier alpha value is -2.17. The van der Waals surface area contributed by atoms with Crippen molar-refractivity contribution >= 4 is 11.9 Å². The SMILES string of the molecule is CCCCCCOC(=Cc1ccccc1)C(=O)C1(O)C=CC=CC1O. The summed E-state index contributed by atoms with van der Waals surface area (Å²) in [6, 6.07) is 9.32. The molecule has 0 radical (unpaired) electrons. The molecule has 0 heterocycles. The minimum absolute atomic E-state index is 0.0594. The van der Waals surface area contributed by atoms with Crippen molar-refractivity contribution in [2.75, 3.05) is 6.61 Å². The monoisotopic (exact) mass is 342 g/mol. The largest absolute Gasteiger partial charge is 0.490 e. The molecular weight excluding hydrogens is 316 g/mol. The van der Waals surface area contributed by atoms with Gasteiger partial charge in [-0.1, -0.05) is 74.7 Å². The summed E-state index contributed by atoms with van der Waals surface area (Å²) in [7, 11) is 0. The number of aliphatic hydroxyl groups is 2. The highest BCUT2D eigenvalue weighted by molar-refractivity contribution is 6.05. The number of hydrogen-bond acceptors (Lipinski definition) is 4. The third-order valence-corrected chi connectivity index (χ3v) is 4.15. The molecule has 2 N–H and O–H groups in total. The van der Waals surface area contributed by atoms with E-state index in [4.69, 9.17) is 4.74 Å². The van der Waals surface area contributed by atoms with Gasteiger partial charge in [0.1, 0.15) is 6.10 Å². The molecule has 2 atom stereocenters. The van der Waals surface area contributed by atoms with Crippen LogP contribution in [-0.2, 0) is 9.53 Å². The fourth-order valence-electron chi connectivity index (χ4n) is 2.61. The molecule has 0 spiro atoms. The minimum atomic E-state index is -2.00. The summed E-state index contributed by atoms with van der Waals surface area (Å²) in [5.74, 6) is -0.579. The average Bonchev–Trinajstić information content (AvgIpc) is 2.63. The van der Waals surface area contributed by atoms with Gasteiger partial charge >= 0.3 is 0 Å². The first-order valence-corrected chi connectivity index (χ1v) is 8.78. The van der Waals surface area contributed by atoms with E-state index >= 15 is 0 Å². The van der Waals surface area contributed by atoms with Crippen LogP contribution in [0, 0.1) is 0 Å². The molecule has 2 unspecified atom stereocenters. The van der Waals surface area contributed by atoms with E-state index in [1.165, 1.54) is 12.2 Å². The van der Waals surface area contributed by atoms with Gasteiger partial charge in [0.25, 0.3) is 0 Å². The van der Waals surface area contributed by atoms with Crippen LogP contribution in [0.25, 0.3) is 6.08 Å². The van der Waals surface area contributed by atoms with Gasteiger partial charge in [0, 0.05) is 0 Å². The van der Waals surface area contributed by atoms with Crippen LogP contribution in [-0.4, -0.2) is 34.3 Å². The van der Waals surface area contributed by atoms with Crippen molar-refractivity contribution in [2.45, 2.75) is 44.3 Å². The molecule has 0 aromatic heterocycles. The number of aliphatic hydroxyl groups excluding tert-OH is 1. The Morgan fingerprint density at radius 1 is 1.20 bits per heavy atom. The van der Waals surface area contributed by atoms with E-state index in [2.05, 4.69) is 6.92 Å². The molecule has 1 aliphatic rings. The van der Waals surface area contributed by atoms with Gasteiger partial charge in [0.15, 0.2) is 11.4 Å². The number of allylic oxidation sites excluding steroid dienone is 2. The molecule has 4 heteroatoms. The number of ether oxygens (including phenoxy) is 1. The smallest absolute Gasteiger partial charge is 0.235 e. The van der Waals surface area contributed by atoms with Crippen LogP contribution in [0.4, 0.5) is 0 Å². The van der Waals surface area contributed by atoms with Gasteiger partial charge in [0.2, 0.25) is 5.78 Å². The van der Waals surface area contributed by atoms with Crippen molar-refractivity contribution in [3.8, 4) is 0 Å². The predicted molar refractivity (Wildman–Crippen MR) is 98.8 cm³/mol. The maximum absolute atomic E-state index is 12.9. The van der Waals surface area contributed by atoms with Crippen LogP contribution >= 0.6 is 0 Å². The van der Waals surface area contributed by atoms with Crippen molar-refractivity contribution in [1.29, 1.82) is 0 Å². The summed E-state index contributed by atoms with van der Waals surface area (Å²) in [6.45, 7) is 2.53. The number of unbranched alkanes of at least 4 members (excludes halogenated alkanes) is 3. The Balaban J connectivity index is 2.18. The maximum atomic E-state index is 12.9. The molecular formula is C21H26O4.